The Morgan fingerprint density at radius 2 is 1.79 bits per heavy atom. The first-order chi connectivity index (χ1) is 13.1. The van der Waals surface area contributed by atoms with E-state index in [-0.39, 0.29) is 40.8 Å². The number of benzene rings is 2. The highest BCUT2D eigenvalue weighted by Gasteiger charge is 2.21. The van der Waals surface area contributed by atoms with Gasteiger partial charge in [-0.1, -0.05) is 23.7 Å². The molecule has 1 amide bonds. The second kappa shape index (κ2) is 9.27. The van der Waals surface area contributed by atoms with Gasteiger partial charge in [-0.2, -0.15) is 0 Å². The lowest BCUT2D eigenvalue weighted by atomic mass is 10.2. The summed E-state index contributed by atoms with van der Waals surface area (Å²) in [5.41, 5.74) is 0.439. The third-order valence-corrected chi connectivity index (χ3v) is 6.16. The molecule has 28 heavy (non-hydrogen) atoms. The molecule has 2 rings (SSSR count). The van der Waals surface area contributed by atoms with Gasteiger partial charge in [-0.05, 0) is 43.7 Å². The molecule has 0 saturated carbocycles. The van der Waals surface area contributed by atoms with Crippen LogP contribution in [0.2, 0.25) is 5.02 Å². The largest absolute Gasteiger partial charge is 0.324 e. The van der Waals surface area contributed by atoms with Gasteiger partial charge in [-0.15, -0.1) is 0 Å². The van der Waals surface area contributed by atoms with Crippen LogP contribution in [0.15, 0.2) is 47.4 Å². The summed E-state index contributed by atoms with van der Waals surface area (Å²) in [6, 6.07) is 9.56. The van der Waals surface area contributed by atoms with E-state index in [2.05, 4.69) is 5.32 Å². The molecular formula is C19H20ClFN2O4S. The van der Waals surface area contributed by atoms with Gasteiger partial charge in [0.1, 0.15) is 5.82 Å². The number of amides is 1. The molecule has 0 fully saturated rings. The number of ketones is 1. The lowest BCUT2D eigenvalue weighted by Crippen LogP contribution is -2.28. The molecule has 1 N–H and O–H groups in total. The van der Waals surface area contributed by atoms with Gasteiger partial charge < -0.3 is 5.32 Å². The van der Waals surface area contributed by atoms with Crippen molar-refractivity contribution in [3.8, 4) is 0 Å². The molecule has 150 valence electrons. The second-order valence-electron chi connectivity index (χ2n) is 6.18. The van der Waals surface area contributed by atoms with Gasteiger partial charge in [0.2, 0.25) is 15.9 Å². The summed E-state index contributed by atoms with van der Waals surface area (Å²) in [5.74, 6) is -1.23. The Labute approximate surface area is 168 Å². The molecule has 0 aromatic heterocycles. The number of hydrogen-bond donors (Lipinski definition) is 1. The molecule has 0 bridgehead atoms. The Kier molecular flexibility index (Phi) is 7.29. The first-order valence-corrected chi connectivity index (χ1v) is 10.3. The Bertz CT molecular complexity index is 978. The van der Waals surface area contributed by atoms with Crippen LogP contribution in [-0.4, -0.2) is 38.0 Å². The summed E-state index contributed by atoms with van der Waals surface area (Å²) in [6.07, 6.45) is 0.271. The van der Waals surface area contributed by atoms with Crippen molar-refractivity contribution in [2.45, 2.75) is 24.7 Å². The van der Waals surface area contributed by atoms with Crippen molar-refractivity contribution in [1.82, 2.24) is 4.31 Å². The van der Waals surface area contributed by atoms with E-state index in [1.807, 2.05) is 0 Å². The van der Waals surface area contributed by atoms with Gasteiger partial charge >= 0.3 is 0 Å². The molecular weight excluding hydrogens is 407 g/mol. The molecule has 0 spiro atoms. The van der Waals surface area contributed by atoms with Crippen LogP contribution in [0.5, 0.6) is 0 Å². The van der Waals surface area contributed by atoms with E-state index in [0.717, 1.165) is 10.4 Å². The van der Waals surface area contributed by atoms with Crippen LogP contribution in [0.25, 0.3) is 0 Å². The molecule has 0 heterocycles. The highest BCUT2D eigenvalue weighted by Crippen LogP contribution is 2.19. The van der Waals surface area contributed by atoms with E-state index in [1.54, 1.807) is 0 Å². The van der Waals surface area contributed by atoms with E-state index >= 15 is 0 Å². The van der Waals surface area contributed by atoms with Crippen molar-refractivity contribution in [3.05, 3.63) is 58.9 Å². The molecule has 0 aliphatic rings. The minimum Gasteiger partial charge on any atom is -0.324 e. The molecule has 0 radical (unpaired) electrons. The van der Waals surface area contributed by atoms with Gasteiger partial charge in [0.25, 0.3) is 0 Å². The monoisotopic (exact) mass is 426 g/mol. The number of hydrogen-bond acceptors (Lipinski definition) is 4. The number of nitrogens with one attached hydrogen (secondary N) is 1. The van der Waals surface area contributed by atoms with Crippen LogP contribution < -0.4 is 5.32 Å². The maximum absolute atomic E-state index is 13.7. The van der Waals surface area contributed by atoms with E-state index in [4.69, 9.17) is 11.6 Å². The van der Waals surface area contributed by atoms with Gasteiger partial charge in [0.15, 0.2) is 5.78 Å². The highest BCUT2D eigenvalue weighted by atomic mass is 35.5. The number of Topliss-reactive ketones (excluding diaryl/α,β-unsaturated/α-hetero) is 1. The number of halogens is 2. The van der Waals surface area contributed by atoms with Crippen LogP contribution in [0.1, 0.15) is 30.1 Å². The predicted molar refractivity (Wildman–Crippen MR) is 106 cm³/mol. The van der Waals surface area contributed by atoms with Crippen molar-refractivity contribution >= 4 is 39.0 Å². The number of anilines is 1. The molecule has 2 aromatic carbocycles. The number of rotatable bonds is 8. The topological polar surface area (TPSA) is 83.6 Å². The van der Waals surface area contributed by atoms with Crippen LogP contribution in [0.3, 0.4) is 0 Å². The summed E-state index contributed by atoms with van der Waals surface area (Å²) in [7, 11) is -2.33. The van der Waals surface area contributed by atoms with Crippen molar-refractivity contribution < 1.29 is 22.4 Å². The average molecular weight is 427 g/mol. The maximum Gasteiger partial charge on any atom is 0.242 e. The summed E-state index contributed by atoms with van der Waals surface area (Å²) in [5, 5.41) is 2.65. The smallest absolute Gasteiger partial charge is 0.242 e. The first-order valence-electron chi connectivity index (χ1n) is 8.43. The molecule has 2 aromatic rings. The molecule has 6 nitrogen and oxygen atoms in total. The Balaban J connectivity index is 1.90. The number of carbonyl (C=O) groups is 2. The predicted octanol–water partition coefficient (Wildman–Crippen LogP) is 3.72. The number of sulfonamides is 1. The molecule has 0 aliphatic carbocycles. The van der Waals surface area contributed by atoms with Crippen LogP contribution in [0, 0.1) is 5.82 Å². The maximum atomic E-state index is 13.7. The molecule has 0 atom stereocenters. The van der Waals surface area contributed by atoms with E-state index in [1.165, 1.54) is 50.4 Å². The average Bonchev–Trinajstić information content (AvgIpc) is 2.64. The van der Waals surface area contributed by atoms with E-state index in [9.17, 15) is 22.4 Å². The van der Waals surface area contributed by atoms with Gasteiger partial charge in [0, 0.05) is 30.6 Å². The summed E-state index contributed by atoms with van der Waals surface area (Å²) >= 11 is 5.66. The van der Waals surface area contributed by atoms with E-state index in [0.29, 0.717) is 5.56 Å². The lowest BCUT2D eigenvalue weighted by molar-refractivity contribution is -0.116. The van der Waals surface area contributed by atoms with Crippen molar-refractivity contribution in [1.29, 1.82) is 0 Å². The highest BCUT2D eigenvalue weighted by molar-refractivity contribution is 7.89. The minimum absolute atomic E-state index is 0.0148. The molecule has 0 saturated heterocycles. The van der Waals surface area contributed by atoms with Crippen molar-refractivity contribution in [2.75, 3.05) is 18.9 Å². The van der Waals surface area contributed by atoms with Crippen LogP contribution >= 0.6 is 11.6 Å². The van der Waals surface area contributed by atoms with Gasteiger partial charge in [-0.25, -0.2) is 17.1 Å². The van der Waals surface area contributed by atoms with Crippen molar-refractivity contribution in [2.24, 2.45) is 0 Å². The summed E-state index contributed by atoms with van der Waals surface area (Å²) in [4.78, 5) is 23.3. The fourth-order valence-electron chi connectivity index (χ4n) is 2.43. The standard InChI is InChI=1S/C19H20ClFN2O4S/c1-13(24)14-5-8-16(9-6-14)28(26,27)23(2)11-3-4-19(25)22-18-10-7-15(20)12-17(18)21/h5-10,12H,3-4,11H2,1-2H3,(H,22,25). The Hall–Kier alpha value is -2.29. The fourth-order valence-corrected chi connectivity index (χ4v) is 3.80. The normalized spacial score (nSPS) is 11.5. The summed E-state index contributed by atoms with van der Waals surface area (Å²) < 4.78 is 39.9. The third kappa shape index (κ3) is 5.60. The number of carbonyl (C=O) groups excluding carboxylic acids is 2. The Morgan fingerprint density at radius 3 is 2.36 bits per heavy atom. The van der Waals surface area contributed by atoms with Crippen LogP contribution in [-0.2, 0) is 14.8 Å². The minimum atomic E-state index is -3.73. The lowest BCUT2D eigenvalue weighted by Gasteiger charge is -2.17. The Morgan fingerprint density at radius 1 is 1.14 bits per heavy atom. The first kappa shape index (κ1) is 22.0. The molecule has 9 heteroatoms. The van der Waals surface area contributed by atoms with E-state index < -0.39 is 21.7 Å². The zero-order chi connectivity index (χ0) is 20.9. The fraction of sp³-hybridized carbons (Fsp3) is 0.263. The van der Waals surface area contributed by atoms with Crippen LogP contribution in [0.4, 0.5) is 10.1 Å². The summed E-state index contributed by atoms with van der Waals surface area (Å²) in [6.45, 7) is 1.50. The third-order valence-electron chi connectivity index (χ3n) is 4.05. The molecule has 0 unspecified atom stereocenters. The zero-order valence-electron chi connectivity index (χ0n) is 15.4. The van der Waals surface area contributed by atoms with Gasteiger partial charge in [0.05, 0.1) is 10.6 Å². The zero-order valence-corrected chi connectivity index (χ0v) is 17.0. The second-order valence-corrected chi connectivity index (χ2v) is 8.66. The van der Waals surface area contributed by atoms with Gasteiger partial charge in [-0.3, -0.25) is 9.59 Å². The quantitative estimate of drug-likeness (QED) is 0.652. The number of nitrogens with zero attached hydrogens (tertiary/aromatic N) is 1. The van der Waals surface area contributed by atoms with Crippen molar-refractivity contribution in [3.63, 3.8) is 0 Å². The SMILES string of the molecule is CC(=O)c1ccc(S(=O)(=O)N(C)CCCC(=O)Nc2ccc(Cl)cc2F)cc1. The molecule has 0 aliphatic heterocycles.